The van der Waals surface area contributed by atoms with Crippen LogP contribution in [0.4, 0.5) is 16.4 Å². The molecule has 2 aromatic rings. The van der Waals surface area contributed by atoms with E-state index in [-0.39, 0.29) is 6.03 Å². The first-order valence-corrected chi connectivity index (χ1v) is 8.28. The Morgan fingerprint density at radius 1 is 1.16 bits per heavy atom. The van der Waals surface area contributed by atoms with Crippen molar-refractivity contribution in [2.45, 2.75) is 6.54 Å². The van der Waals surface area contributed by atoms with Crippen LogP contribution in [0.2, 0.25) is 0 Å². The maximum absolute atomic E-state index is 12.5. The molecular formula is C17H23N7O. The second-order valence-corrected chi connectivity index (χ2v) is 6.25. The predicted molar refractivity (Wildman–Crippen MR) is 96.5 cm³/mol. The number of pyridine rings is 1. The molecular weight excluding hydrogens is 318 g/mol. The number of amides is 2. The van der Waals surface area contributed by atoms with Crippen molar-refractivity contribution in [1.82, 2.24) is 24.8 Å². The van der Waals surface area contributed by atoms with E-state index >= 15 is 0 Å². The molecule has 0 radical (unpaired) electrons. The van der Waals surface area contributed by atoms with E-state index < -0.39 is 0 Å². The molecule has 25 heavy (non-hydrogen) atoms. The number of rotatable bonds is 4. The molecule has 0 saturated carbocycles. The van der Waals surface area contributed by atoms with Gasteiger partial charge in [0.05, 0.1) is 6.20 Å². The molecule has 0 spiro atoms. The molecule has 1 aliphatic heterocycles. The first kappa shape index (κ1) is 17.1. The summed E-state index contributed by atoms with van der Waals surface area (Å²) in [4.78, 5) is 31.1. The van der Waals surface area contributed by atoms with Crippen molar-refractivity contribution in [2.24, 2.45) is 0 Å². The lowest BCUT2D eigenvalue weighted by atomic mass is 10.2. The summed E-state index contributed by atoms with van der Waals surface area (Å²) < 4.78 is 0. The number of urea groups is 1. The van der Waals surface area contributed by atoms with Crippen LogP contribution in [-0.2, 0) is 6.54 Å². The minimum Gasteiger partial charge on any atom is -0.352 e. The fourth-order valence-corrected chi connectivity index (χ4v) is 2.79. The van der Waals surface area contributed by atoms with E-state index in [1.165, 1.54) is 0 Å². The van der Waals surface area contributed by atoms with Gasteiger partial charge in [-0.15, -0.1) is 0 Å². The Kier molecular flexibility index (Phi) is 5.39. The molecule has 2 amide bonds. The van der Waals surface area contributed by atoms with Crippen molar-refractivity contribution in [3.05, 3.63) is 42.5 Å². The lowest BCUT2D eigenvalue weighted by molar-refractivity contribution is 0.208. The molecule has 132 valence electrons. The van der Waals surface area contributed by atoms with Gasteiger partial charge in [0.15, 0.2) is 0 Å². The quantitative estimate of drug-likeness (QED) is 0.903. The topological polar surface area (TPSA) is 77.5 Å². The molecule has 1 fully saturated rings. The fraction of sp³-hybridized carbons (Fsp3) is 0.412. The van der Waals surface area contributed by atoms with E-state index in [1.807, 2.05) is 26.2 Å². The molecule has 3 rings (SSSR count). The van der Waals surface area contributed by atoms with Gasteiger partial charge in [-0.3, -0.25) is 10.3 Å². The molecule has 3 heterocycles. The standard InChI is InChI=1S/C17H23N7O/c1-22(2)13-14-3-4-19-15(11-14)21-17(25)24-9-7-23(8-10-24)16-12-18-5-6-20-16/h3-6,11-12H,7-10,13H2,1-2H3,(H,19,21,25). The van der Waals surface area contributed by atoms with Crippen molar-refractivity contribution < 1.29 is 4.79 Å². The predicted octanol–water partition coefficient (Wildman–Crippen LogP) is 1.29. The van der Waals surface area contributed by atoms with Crippen molar-refractivity contribution in [1.29, 1.82) is 0 Å². The van der Waals surface area contributed by atoms with Crippen LogP contribution in [0.15, 0.2) is 36.9 Å². The van der Waals surface area contributed by atoms with Crippen LogP contribution in [0.3, 0.4) is 0 Å². The van der Waals surface area contributed by atoms with Gasteiger partial charge in [0.25, 0.3) is 0 Å². The summed E-state index contributed by atoms with van der Waals surface area (Å²) in [6, 6.07) is 3.75. The van der Waals surface area contributed by atoms with Crippen LogP contribution in [0.1, 0.15) is 5.56 Å². The summed E-state index contributed by atoms with van der Waals surface area (Å²) in [5.41, 5.74) is 1.11. The minimum atomic E-state index is -0.117. The number of carbonyl (C=O) groups excluding carboxylic acids is 1. The third-order valence-corrected chi connectivity index (χ3v) is 4.00. The average Bonchev–Trinajstić information content (AvgIpc) is 2.62. The zero-order chi connectivity index (χ0) is 17.6. The van der Waals surface area contributed by atoms with Gasteiger partial charge in [-0.2, -0.15) is 0 Å². The molecule has 1 N–H and O–H groups in total. The summed E-state index contributed by atoms with van der Waals surface area (Å²) in [5.74, 6) is 1.43. The monoisotopic (exact) mass is 341 g/mol. The molecule has 0 unspecified atom stereocenters. The van der Waals surface area contributed by atoms with Gasteiger partial charge in [0, 0.05) is 51.3 Å². The average molecular weight is 341 g/mol. The van der Waals surface area contributed by atoms with Gasteiger partial charge in [-0.25, -0.2) is 14.8 Å². The normalized spacial score (nSPS) is 14.7. The third-order valence-electron chi connectivity index (χ3n) is 4.00. The van der Waals surface area contributed by atoms with Gasteiger partial charge in [0.2, 0.25) is 0 Å². The molecule has 2 aromatic heterocycles. The highest BCUT2D eigenvalue weighted by Crippen LogP contribution is 2.13. The summed E-state index contributed by atoms with van der Waals surface area (Å²) in [6.07, 6.45) is 6.81. The van der Waals surface area contributed by atoms with Gasteiger partial charge >= 0.3 is 6.03 Å². The summed E-state index contributed by atoms with van der Waals surface area (Å²) in [7, 11) is 4.02. The van der Waals surface area contributed by atoms with E-state index in [4.69, 9.17) is 0 Å². The van der Waals surface area contributed by atoms with Crippen LogP contribution in [0.5, 0.6) is 0 Å². The van der Waals surface area contributed by atoms with E-state index in [2.05, 4.69) is 30.1 Å². The number of piperazine rings is 1. The van der Waals surface area contributed by atoms with Crippen molar-refractivity contribution in [3.63, 3.8) is 0 Å². The zero-order valence-electron chi connectivity index (χ0n) is 14.6. The van der Waals surface area contributed by atoms with E-state index in [0.717, 1.165) is 31.0 Å². The molecule has 0 bridgehead atoms. The van der Waals surface area contributed by atoms with Gasteiger partial charge in [0.1, 0.15) is 11.6 Å². The minimum absolute atomic E-state index is 0.117. The van der Waals surface area contributed by atoms with Crippen molar-refractivity contribution in [2.75, 3.05) is 50.5 Å². The van der Waals surface area contributed by atoms with E-state index in [1.54, 1.807) is 29.7 Å². The number of carbonyl (C=O) groups is 1. The maximum atomic E-state index is 12.5. The number of nitrogens with zero attached hydrogens (tertiary/aromatic N) is 6. The highest BCUT2D eigenvalue weighted by molar-refractivity contribution is 5.88. The molecule has 1 saturated heterocycles. The smallest absolute Gasteiger partial charge is 0.323 e. The Hall–Kier alpha value is -2.74. The molecule has 0 aliphatic carbocycles. The van der Waals surface area contributed by atoms with E-state index in [0.29, 0.717) is 18.9 Å². The van der Waals surface area contributed by atoms with Crippen molar-refractivity contribution in [3.8, 4) is 0 Å². The number of nitrogens with one attached hydrogen (secondary N) is 1. The fourth-order valence-electron chi connectivity index (χ4n) is 2.79. The Balaban J connectivity index is 1.54. The highest BCUT2D eigenvalue weighted by Gasteiger charge is 2.22. The molecule has 0 aromatic carbocycles. The van der Waals surface area contributed by atoms with Crippen LogP contribution in [0.25, 0.3) is 0 Å². The lowest BCUT2D eigenvalue weighted by Gasteiger charge is -2.35. The Morgan fingerprint density at radius 3 is 2.64 bits per heavy atom. The van der Waals surface area contributed by atoms with Gasteiger partial charge in [-0.1, -0.05) is 0 Å². The third kappa shape index (κ3) is 4.63. The summed E-state index contributed by atoms with van der Waals surface area (Å²) >= 11 is 0. The second kappa shape index (κ2) is 7.89. The Bertz CT molecular complexity index is 699. The number of hydrogen-bond donors (Lipinski definition) is 1. The Labute approximate surface area is 147 Å². The van der Waals surface area contributed by atoms with Crippen LogP contribution >= 0.6 is 0 Å². The maximum Gasteiger partial charge on any atom is 0.323 e. The van der Waals surface area contributed by atoms with Gasteiger partial charge < -0.3 is 14.7 Å². The first-order valence-electron chi connectivity index (χ1n) is 8.28. The highest BCUT2D eigenvalue weighted by atomic mass is 16.2. The second-order valence-electron chi connectivity index (χ2n) is 6.25. The zero-order valence-corrected chi connectivity index (χ0v) is 14.6. The largest absolute Gasteiger partial charge is 0.352 e. The van der Waals surface area contributed by atoms with Crippen LogP contribution in [-0.4, -0.2) is 71.1 Å². The van der Waals surface area contributed by atoms with Crippen LogP contribution < -0.4 is 10.2 Å². The van der Waals surface area contributed by atoms with Gasteiger partial charge in [-0.05, 0) is 31.8 Å². The molecule has 1 aliphatic rings. The van der Waals surface area contributed by atoms with Crippen molar-refractivity contribution >= 4 is 17.7 Å². The van der Waals surface area contributed by atoms with E-state index in [9.17, 15) is 4.79 Å². The van der Waals surface area contributed by atoms with Crippen LogP contribution in [0, 0.1) is 0 Å². The number of hydrogen-bond acceptors (Lipinski definition) is 6. The molecule has 8 nitrogen and oxygen atoms in total. The Morgan fingerprint density at radius 2 is 1.96 bits per heavy atom. The number of anilines is 2. The SMILES string of the molecule is CN(C)Cc1ccnc(NC(=O)N2CCN(c3cnccn3)CC2)c1. The molecule has 0 atom stereocenters. The first-order chi connectivity index (χ1) is 12.1. The summed E-state index contributed by atoms with van der Waals surface area (Å²) in [5, 5.41) is 2.89. The molecule has 8 heteroatoms. The number of aromatic nitrogens is 3. The summed E-state index contributed by atoms with van der Waals surface area (Å²) in [6.45, 7) is 3.56. The lowest BCUT2D eigenvalue weighted by Crippen LogP contribution is -2.50.